The summed E-state index contributed by atoms with van der Waals surface area (Å²) in [7, 11) is 0. The van der Waals surface area contributed by atoms with Crippen molar-refractivity contribution in [2.45, 2.75) is 42.2 Å². The number of hydrogen-bond donors (Lipinski definition) is 2. The molecule has 0 saturated carbocycles. The molecule has 0 aliphatic carbocycles. The number of anilines is 3. The second kappa shape index (κ2) is 12.3. The quantitative estimate of drug-likeness (QED) is 0.358. The van der Waals surface area contributed by atoms with E-state index in [0.29, 0.717) is 11.8 Å². The van der Waals surface area contributed by atoms with E-state index in [1.54, 1.807) is 34.9 Å². The van der Waals surface area contributed by atoms with Crippen molar-refractivity contribution in [1.82, 2.24) is 15.2 Å². The maximum Gasteiger partial charge on any atom is 0.174 e. The van der Waals surface area contributed by atoms with Crippen molar-refractivity contribution in [3.8, 4) is 0 Å². The van der Waals surface area contributed by atoms with Crippen molar-refractivity contribution in [2.75, 3.05) is 48.4 Å². The third-order valence-electron chi connectivity index (χ3n) is 5.79. The summed E-state index contributed by atoms with van der Waals surface area (Å²) < 4.78 is 6.55. The number of benzene rings is 1. The third kappa shape index (κ3) is 6.90. The maximum absolute atomic E-state index is 5.56. The van der Waals surface area contributed by atoms with E-state index in [0.717, 1.165) is 76.7 Å². The molecule has 1 fully saturated rings. The summed E-state index contributed by atoms with van der Waals surface area (Å²) in [6.07, 6.45) is 0.917. The van der Waals surface area contributed by atoms with Crippen molar-refractivity contribution in [3.63, 3.8) is 0 Å². The zero-order valence-corrected chi connectivity index (χ0v) is 23.0. The number of ether oxygens (including phenoxy) is 1. The normalized spacial score (nSPS) is 17.8. The highest BCUT2D eigenvalue weighted by Gasteiger charge is 2.16. The Labute approximate surface area is 224 Å². The monoisotopic (exact) mass is 541 g/mol. The van der Waals surface area contributed by atoms with Crippen molar-refractivity contribution in [1.29, 1.82) is 0 Å². The smallest absolute Gasteiger partial charge is 0.174 e. The van der Waals surface area contributed by atoms with E-state index < -0.39 is 0 Å². The van der Waals surface area contributed by atoms with Gasteiger partial charge in [0.15, 0.2) is 9.51 Å². The van der Waals surface area contributed by atoms with E-state index >= 15 is 0 Å². The van der Waals surface area contributed by atoms with Crippen LogP contribution in [0.2, 0.25) is 0 Å². The van der Waals surface area contributed by atoms with Gasteiger partial charge in [-0.3, -0.25) is 4.99 Å². The van der Waals surface area contributed by atoms with Gasteiger partial charge in [-0.05, 0) is 30.2 Å². The number of pyridine rings is 1. The Hall–Kier alpha value is -2.34. The van der Waals surface area contributed by atoms with Crippen molar-refractivity contribution >= 4 is 57.2 Å². The Morgan fingerprint density at radius 3 is 2.83 bits per heavy atom. The van der Waals surface area contributed by atoms with Crippen LogP contribution in [0.1, 0.15) is 30.1 Å². The van der Waals surface area contributed by atoms with Gasteiger partial charge in [0.05, 0.1) is 25.5 Å². The van der Waals surface area contributed by atoms with Crippen LogP contribution in [0, 0.1) is 0 Å². The fraction of sp³-hybridized carbons (Fsp3) is 0.440. The van der Waals surface area contributed by atoms with Crippen LogP contribution in [-0.4, -0.2) is 58.4 Å². The van der Waals surface area contributed by atoms with Gasteiger partial charge >= 0.3 is 0 Å². The zero-order valence-electron chi connectivity index (χ0n) is 20.6. The lowest BCUT2D eigenvalue weighted by atomic mass is 10.2. The molecule has 4 heterocycles. The molecule has 0 amide bonds. The number of nitrogens with one attached hydrogen (secondary N) is 2. The number of hydrogen-bond acceptors (Lipinski definition) is 11. The maximum atomic E-state index is 5.56. The molecule has 11 heteroatoms. The van der Waals surface area contributed by atoms with E-state index in [2.05, 4.69) is 81.0 Å². The Balaban J connectivity index is 1.28. The number of aromatic nitrogens is 3. The van der Waals surface area contributed by atoms with Crippen molar-refractivity contribution in [3.05, 3.63) is 52.7 Å². The highest BCUT2D eigenvalue weighted by Crippen LogP contribution is 2.29. The molecule has 1 aromatic carbocycles. The standard InChI is InChI=1S/C25H31N7OS3/c1-3-23-30-31-25(36-23)34-16-20-12-21(32-7-9-33-10-8-32)13-22(28-20)26-15-18-5-4-6-19(11-18)29-24-27-14-17(2)35-24/h4-6,11-13,17H,3,7-10,14-16H2,1-2H3,(H,26,28)(H,27,29). The first-order valence-corrected chi connectivity index (χ1v) is 14.9. The van der Waals surface area contributed by atoms with Crippen LogP contribution in [0.5, 0.6) is 0 Å². The van der Waals surface area contributed by atoms with E-state index in [1.807, 2.05) is 0 Å². The molecule has 0 bridgehead atoms. The molecular formula is C25H31N7OS3. The molecule has 2 N–H and O–H groups in total. The molecule has 3 aromatic rings. The molecular weight excluding hydrogens is 511 g/mol. The van der Waals surface area contributed by atoms with Gasteiger partial charge in [0.1, 0.15) is 10.8 Å². The molecule has 2 aromatic heterocycles. The molecule has 1 unspecified atom stereocenters. The SMILES string of the molecule is CCc1nnc(SCc2cc(N3CCOCC3)cc(NCc3cccc(NC4=NCC(C)S4)c3)n2)s1. The molecule has 0 spiro atoms. The average Bonchev–Trinajstić information content (AvgIpc) is 3.55. The van der Waals surface area contributed by atoms with Gasteiger partial charge in [0, 0.05) is 48.1 Å². The second-order valence-electron chi connectivity index (χ2n) is 8.66. The first kappa shape index (κ1) is 25.3. The molecule has 2 aliphatic rings. The Bertz CT molecular complexity index is 1200. The summed E-state index contributed by atoms with van der Waals surface area (Å²) in [6, 6.07) is 12.8. The number of aryl methyl sites for hydroxylation is 1. The van der Waals surface area contributed by atoms with E-state index in [-0.39, 0.29) is 0 Å². The Kier molecular flexibility index (Phi) is 8.63. The van der Waals surface area contributed by atoms with E-state index in [1.165, 1.54) is 11.3 Å². The van der Waals surface area contributed by atoms with Gasteiger partial charge in [0.2, 0.25) is 0 Å². The van der Waals surface area contributed by atoms with Crippen LogP contribution in [-0.2, 0) is 23.5 Å². The molecule has 0 radical (unpaired) electrons. The van der Waals surface area contributed by atoms with Crippen LogP contribution < -0.4 is 15.5 Å². The first-order chi connectivity index (χ1) is 17.6. The van der Waals surface area contributed by atoms with Crippen LogP contribution in [0.3, 0.4) is 0 Å². The molecule has 1 atom stereocenters. The lowest BCUT2D eigenvalue weighted by molar-refractivity contribution is 0.122. The highest BCUT2D eigenvalue weighted by molar-refractivity contribution is 8.15. The minimum absolute atomic E-state index is 0.537. The number of amidine groups is 1. The van der Waals surface area contributed by atoms with Crippen molar-refractivity contribution in [2.24, 2.45) is 4.99 Å². The van der Waals surface area contributed by atoms with Gasteiger partial charge in [-0.2, -0.15) is 0 Å². The Morgan fingerprint density at radius 1 is 1.17 bits per heavy atom. The van der Waals surface area contributed by atoms with Crippen LogP contribution >= 0.6 is 34.9 Å². The Morgan fingerprint density at radius 2 is 2.06 bits per heavy atom. The van der Waals surface area contributed by atoms with Gasteiger partial charge < -0.3 is 20.3 Å². The summed E-state index contributed by atoms with van der Waals surface area (Å²) in [5.41, 5.74) is 4.46. The second-order valence-corrected chi connectivity index (χ2v) is 12.4. The molecule has 2 aliphatic heterocycles. The molecule has 190 valence electrons. The fourth-order valence-corrected chi connectivity index (χ4v) is 6.52. The number of thioether (sulfide) groups is 2. The van der Waals surface area contributed by atoms with E-state index in [4.69, 9.17) is 9.72 Å². The highest BCUT2D eigenvalue weighted by atomic mass is 32.2. The van der Waals surface area contributed by atoms with Crippen LogP contribution in [0.25, 0.3) is 0 Å². The number of morpholine rings is 1. The van der Waals surface area contributed by atoms with Crippen molar-refractivity contribution < 1.29 is 4.74 Å². The fourth-order valence-electron chi connectivity index (χ4n) is 3.94. The summed E-state index contributed by atoms with van der Waals surface area (Å²) in [5.74, 6) is 1.63. The topological polar surface area (TPSA) is 87.6 Å². The van der Waals surface area contributed by atoms with Gasteiger partial charge in [-0.15, -0.1) is 10.2 Å². The summed E-state index contributed by atoms with van der Waals surface area (Å²) in [4.78, 5) is 11.9. The largest absolute Gasteiger partial charge is 0.378 e. The van der Waals surface area contributed by atoms with E-state index in [9.17, 15) is 0 Å². The molecule has 5 rings (SSSR count). The van der Waals surface area contributed by atoms with Crippen LogP contribution in [0.4, 0.5) is 17.2 Å². The lowest BCUT2D eigenvalue weighted by Crippen LogP contribution is -2.36. The molecule has 1 saturated heterocycles. The third-order valence-corrected chi connectivity index (χ3v) is 9.03. The summed E-state index contributed by atoms with van der Waals surface area (Å²) in [5, 5.41) is 18.2. The molecule has 8 nitrogen and oxygen atoms in total. The van der Waals surface area contributed by atoms with Gasteiger partial charge in [-0.1, -0.05) is 60.8 Å². The molecule has 36 heavy (non-hydrogen) atoms. The zero-order chi connectivity index (χ0) is 24.7. The lowest BCUT2D eigenvalue weighted by Gasteiger charge is -2.29. The summed E-state index contributed by atoms with van der Waals surface area (Å²) >= 11 is 5.15. The minimum Gasteiger partial charge on any atom is -0.378 e. The average molecular weight is 542 g/mol. The number of nitrogens with zero attached hydrogens (tertiary/aromatic N) is 5. The number of rotatable bonds is 9. The predicted octanol–water partition coefficient (Wildman–Crippen LogP) is 5.14. The van der Waals surface area contributed by atoms with Crippen LogP contribution in [0.15, 0.2) is 45.7 Å². The first-order valence-electron chi connectivity index (χ1n) is 12.2. The van der Waals surface area contributed by atoms with Gasteiger partial charge in [0.25, 0.3) is 0 Å². The predicted molar refractivity (Wildman–Crippen MR) is 153 cm³/mol. The minimum atomic E-state index is 0.537. The number of aliphatic imine (C=N–C) groups is 1. The summed E-state index contributed by atoms with van der Waals surface area (Å²) in [6.45, 7) is 9.15. The van der Waals surface area contributed by atoms with Gasteiger partial charge in [-0.25, -0.2) is 4.98 Å².